The number of nitrogens with zero attached hydrogens (tertiary/aromatic N) is 2. The average Bonchev–Trinajstić information content (AvgIpc) is 2.44. The van der Waals surface area contributed by atoms with Crippen LogP contribution in [-0.4, -0.2) is 9.85 Å². The number of anilines is 2. The van der Waals surface area contributed by atoms with Gasteiger partial charge in [0.2, 0.25) is 0 Å². The van der Waals surface area contributed by atoms with Gasteiger partial charge in [-0.3, -0.25) is 20.2 Å². The highest BCUT2D eigenvalue weighted by atomic mass is 32.2. The third-order valence-electron chi connectivity index (χ3n) is 3.18. The third-order valence-corrected chi connectivity index (χ3v) is 4.28. The van der Waals surface area contributed by atoms with Crippen molar-refractivity contribution in [3.05, 3.63) is 56.1 Å². The molecule has 0 spiro atoms. The van der Waals surface area contributed by atoms with Crippen molar-refractivity contribution in [1.29, 1.82) is 0 Å². The first-order chi connectivity index (χ1) is 9.97. The summed E-state index contributed by atoms with van der Waals surface area (Å²) in [7, 11) is 0. The predicted octanol–water partition coefficient (Wildman–Crippen LogP) is 4.02. The van der Waals surface area contributed by atoms with Crippen LogP contribution in [0.1, 0.15) is 5.56 Å². The van der Waals surface area contributed by atoms with E-state index < -0.39 is 9.85 Å². The highest BCUT2D eigenvalue weighted by Gasteiger charge is 2.28. The number of hydrogen-bond acceptors (Lipinski definition) is 6. The fourth-order valence-corrected chi connectivity index (χ4v) is 3.31. The van der Waals surface area contributed by atoms with E-state index in [1.54, 1.807) is 0 Å². The highest BCUT2D eigenvalue weighted by Crippen LogP contribution is 2.50. The number of rotatable bonds is 2. The minimum absolute atomic E-state index is 0.286. The molecular weight excluding hydrogens is 294 g/mol. The van der Waals surface area contributed by atoms with Crippen LogP contribution in [0.5, 0.6) is 0 Å². The van der Waals surface area contributed by atoms with Crippen LogP contribution in [-0.2, 0) is 0 Å². The molecule has 8 heteroatoms. The Morgan fingerprint density at radius 1 is 1.05 bits per heavy atom. The lowest BCUT2D eigenvalue weighted by molar-refractivity contribution is -0.393. The lowest BCUT2D eigenvalue weighted by atomic mass is 10.1. The van der Waals surface area contributed by atoms with Crippen LogP contribution in [0.2, 0.25) is 0 Å². The summed E-state index contributed by atoms with van der Waals surface area (Å²) in [6.45, 7) is 1.90. The van der Waals surface area contributed by atoms with Crippen molar-refractivity contribution in [2.75, 3.05) is 5.32 Å². The molecule has 0 bridgehead atoms. The Balaban J connectivity index is 2.21. The molecule has 2 aromatic carbocycles. The van der Waals surface area contributed by atoms with E-state index in [-0.39, 0.29) is 11.4 Å². The zero-order chi connectivity index (χ0) is 15.1. The molecule has 0 saturated carbocycles. The molecule has 0 unspecified atom stereocenters. The maximum absolute atomic E-state index is 11.2. The Morgan fingerprint density at radius 3 is 2.48 bits per heavy atom. The van der Waals surface area contributed by atoms with Crippen molar-refractivity contribution >= 4 is 34.5 Å². The summed E-state index contributed by atoms with van der Waals surface area (Å²) < 4.78 is 0. The molecule has 21 heavy (non-hydrogen) atoms. The Bertz CT molecular complexity index is 791. The van der Waals surface area contributed by atoms with E-state index in [1.807, 2.05) is 25.1 Å². The number of para-hydroxylation sites is 1. The first-order valence-corrected chi connectivity index (χ1v) is 6.80. The van der Waals surface area contributed by atoms with Crippen LogP contribution in [0.15, 0.2) is 40.1 Å². The second-order valence-corrected chi connectivity index (χ2v) is 5.61. The molecule has 0 radical (unpaired) electrons. The van der Waals surface area contributed by atoms with Gasteiger partial charge in [-0.25, -0.2) is 0 Å². The average molecular weight is 303 g/mol. The molecule has 1 aliphatic heterocycles. The predicted molar refractivity (Wildman–Crippen MR) is 78.3 cm³/mol. The normalized spacial score (nSPS) is 12.0. The van der Waals surface area contributed by atoms with E-state index in [0.29, 0.717) is 10.6 Å². The fourth-order valence-electron chi connectivity index (χ4n) is 2.17. The lowest BCUT2D eigenvalue weighted by Gasteiger charge is -2.21. The molecular formula is C13H9N3O4S. The van der Waals surface area contributed by atoms with Crippen LogP contribution in [0.3, 0.4) is 0 Å². The van der Waals surface area contributed by atoms with Gasteiger partial charge in [0.15, 0.2) is 0 Å². The fraction of sp³-hybridized carbons (Fsp3) is 0.0769. The second kappa shape index (κ2) is 4.74. The Morgan fingerprint density at radius 2 is 1.81 bits per heavy atom. The molecule has 106 valence electrons. The molecule has 0 amide bonds. The topological polar surface area (TPSA) is 98.3 Å². The van der Waals surface area contributed by atoms with Gasteiger partial charge in [0, 0.05) is 15.9 Å². The van der Waals surface area contributed by atoms with Crippen LogP contribution in [0, 0.1) is 27.2 Å². The van der Waals surface area contributed by atoms with Crippen molar-refractivity contribution in [3.8, 4) is 0 Å². The van der Waals surface area contributed by atoms with E-state index in [4.69, 9.17) is 0 Å². The summed E-state index contributed by atoms with van der Waals surface area (Å²) >= 11 is 1.29. The lowest BCUT2D eigenvalue weighted by Crippen LogP contribution is -2.06. The quantitative estimate of drug-likeness (QED) is 0.567. The van der Waals surface area contributed by atoms with Gasteiger partial charge in [-0.1, -0.05) is 23.9 Å². The summed E-state index contributed by atoms with van der Waals surface area (Å²) in [5.74, 6) is 0. The van der Waals surface area contributed by atoms with Gasteiger partial charge in [0.25, 0.3) is 5.69 Å². The van der Waals surface area contributed by atoms with E-state index in [1.165, 1.54) is 17.8 Å². The van der Waals surface area contributed by atoms with Gasteiger partial charge in [0.1, 0.15) is 5.69 Å². The molecule has 7 nitrogen and oxygen atoms in total. The van der Waals surface area contributed by atoms with Crippen LogP contribution >= 0.6 is 11.8 Å². The Hall–Kier alpha value is -2.61. The third kappa shape index (κ3) is 2.19. The van der Waals surface area contributed by atoms with Crippen molar-refractivity contribution in [3.63, 3.8) is 0 Å². The van der Waals surface area contributed by atoms with Gasteiger partial charge in [0.05, 0.1) is 21.6 Å². The van der Waals surface area contributed by atoms with Gasteiger partial charge in [-0.05, 0) is 18.6 Å². The number of aryl methyl sites for hydroxylation is 1. The molecule has 0 atom stereocenters. The molecule has 0 aromatic heterocycles. The first kappa shape index (κ1) is 13.4. The van der Waals surface area contributed by atoms with Crippen molar-refractivity contribution < 1.29 is 9.85 Å². The van der Waals surface area contributed by atoms with E-state index in [0.717, 1.165) is 22.2 Å². The number of nitro benzene ring substituents is 2. The number of nitro groups is 2. The van der Waals surface area contributed by atoms with E-state index in [9.17, 15) is 20.2 Å². The number of hydrogen-bond donors (Lipinski definition) is 1. The molecule has 1 N–H and O–H groups in total. The minimum Gasteiger partial charge on any atom is -0.348 e. The number of non-ortho nitro benzene ring substituents is 1. The summed E-state index contributed by atoms with van der Waals surface area (Å²) in [5.41, 5.74) is 1.48. The minimum atomic E-state index is -0.625. The van der Waals surface area contributed by atoms with Gasteiger partial charge in [-0.2, -0.15) is 0 Å². The van der Waals surface area contributed by atoms with Gasteiger partial charge >= 0.3 is 5.69 Å². The van der Waals surface area contributed by atoms with Crippen molar-refractivity contribution in [2.45, 2.75) is 16.7 Å². The Kier molecular flexibility index (Phi) is 3.02. The Labute approximate surface area is 123 Å². The SMILES string of the molecule is Cc1cccc2c1Nc1c(cc([N+](=O)[O-])cc1[N+](=O)[O-])S2. The molecule has 1 heterocycles. The van der Waals surface area contributed by atoms with Crippen molar-refractivity contribution in [2.24, 2.45) is 0 Å². The standard InChI is InChI=1S/C13H9N3O4S/c1-7-3-2-4-10-12(7)14-13-9(16(19)20)5-8(15(17)18)6-11(13)21-10/h2-6,14H,1H3. The molecule has 2 aromatic rings. The molecule has 0 aliphatic carbocycles. The van der Waals surface area contributed by atoms with Gasteiger partial charge in [-0.15, -0.1) is 0 Å². The number of fused-ring (bicyclic) bond motifs is 2. The number of benzene rings is 2. The monoisotopic (exact) mass is 303 g/mol. The largest absolute Gasteiger partial charge is 0.348 e. The molecule has 0 fully saturated rings. The van der Waals surface area contributed by atoms with Crippen molar-refractivity contribution in [1.82, 2.24) is 0 Å². The summed E-state index contributed by atoms with van der Waals surface area (Å²) in [4.78, 5) is 22.2. The van der Waals surface area contributed by atoms with E-state index >= 15 is 0 Å². The number of nitrogens with one attached hydrogen (secondary N) is 1. The van der Waals surface area contributed by atoms with Gasteiger partial charge < -0.3 is 5.32 Å². The zero-order valence-electron chi connectivity index (χ0n) is 10.8. The second-order valence-electron chi connectivity index (χ2n) is 4.53. The highest BCUT2D eigenvalue weighted by molar-refractivity contribution is 7.99. The molecule has 3 rings (SSSR count). The first-order valence-electron chi connectivity index (χ1n) is 5.98. The zero-order valence-corrected chi connectivity index (χ0v) is 11.6. The maximum atomic E-state index is 11.2. The van der Waals surface area contributed by atoms with Crippen LogP contribution in [0.25, 0.3) is 0 Å². The molecule has 0 saturated heterocycles. The molecule has 1 aliphatic rings. The summed E-state index contributed by atoms with van der Waals surface area (Å²) in [6.07, 6.45) is 0. The van der Waals surface area contributed by atoms with Crippen LogP contribution < -0.4 is 5.32 Å². The summed E-state index contributed by atoms with van der Waals surface area (Å²) in [6, 6.07) is 7.97. The van der Waals surface area contributed by atoms with Crippen LogP contribution in [0.4, 0.5) is 22.7 Å². The maximum Gasteiger partial charge on any atom is 0.300 e. The van der Waals surface area contributed by atoms with E-state index in [2.05, 4.69) is 5.32 Å². The summed E-state index contributed by atoms with van der Waals surface area (Å²) in [5, 5.41) is 25.1. The smallest absolute Gasteiger partial charge is 0.300 e.